The minimum Gasteiger partial charge on any atom is -0.493 e. The molecule has 1 aromatic carbocycles. The second-order valence-corrected chi connectivity index (χ2v) is 4.36. The number of ether oxygens (including phenoxy) is 1. The number of hydrogen-bond acceptors (Lipinski definition) is 4. The van der Waals surface area contributed by atoms with Crippen LogP contribution in [0.2, 0.25) is 5.02 Å². The molecule has 0 saturated carbocycles. The smallest absolute Gasteiger partial charge is 0.276 e. The van der Waals surface area contributed by atoms with Crippen molar-refractivity contribution < 1.29 is 9.53 Å². The van der Waals surface area contributed by atoms with Gasteiger partial charge in [-0.1, -0.05) is 17.7 Å². The molecule has 6 nitrogen and oxygen atoms in total. The lowest BCUT2D eigenvalue weighted by atomic mass is 10.2. The number of nitrogens with one attached hydrogen (secondary N) is 1. The summed E-state index contributed by atoms with van der Waals surface area (Å²) in [5.74, 6) is -0.0893. The fourth-order valence-corrected chi connectivity index (χ4v) is 1.88. The van der Waals surface area contributed by atoms with Crippen LogP contribution in [0.15, 0.2) is 35.1 Å². The molecule has 0 bridgehead atoms. The summed E-state index contributed by atoms with van der Waals surface area (Å²) in [5, 5.41) is 6.89. The zero-order chi connectivity index (χ0) is 14.7. The number of nitrogens with zero attached hydrogens (tertiary/aromatic N) is 2. The standard InChI is InChI=1S/C13H12ClN3O3/c1-17-11(18)7-6-10(16-17)13(19)15-9-5-3-4-8(14)12(9)20-2/h3-7H,1-2H3,(H,15,19). The number of hydrogen-bond donors (Lipinski definition) is 1. The van der Waals surface area contributed by atoms with Crippen LogP contribution in [0, 0.1) is 0 Å². The summed E-state index contributed by atoms with van der Waals surface area (Å²) in [4.78, 5) is 23.3. The van der Waals surface area contributed by atoms with Crippen LogP contribution in [-0.2, 0) is 7.05 Å². The van der Waals surface area contributed by atoms with E-state index in [0.29, 0.717) is 16.5 Å². The second-order valence-electron chi connectivity index (χ2n) is 3.96. The molecule has 104 valence electrons. The van der Waals surface area contributed by atoms with Gasteiger partial charge in [0.1, 0.15) is 5.69 Å². The third kappa shape index (κ3) is 2.80. The number of methoxy groups -OCH3 is 1. The first-order chi connectivity index (χ1) is 9.52. The van der Waals surface area contributed by atoms with E-state index < -0.39 is 5.91 Å². The molecule has 0 saturated heterocycles. The monoisotopic (exact) mass is 293 g/mol. The zero-order valence-electron chi connectivity index (χ0n) is 10.9. The van der Waals surface area contributed by atoms with Crippen LogP contribution in [-0.4, -0.2) is 22.8 Å². The number of rotatable bonds is 3. The van der Waals surface area contributed by atoms with Gasteiger partial charge in [0.2, 0.25) is 0 Å². The van der Waals surface area contributed by atoms with Gasteiger partial charge < -0.3 is 10.1 Å². The molecule has 2 aromatic rings. The Kier molecular flexibility index (Phi) is 4.05. The van der Waals surface area contributed by atoms with Crippen molar-refractivity contribution in [1.82, 2.24) is 9.78 Å². The molecule has 1 heterocycles. The fraction of sp³-hybridized carbons (Fsp3) is 0.154. The maximum atomic E-state index is 12.1. The van der Waals surface area contributed by atoms with Crippen molar-refractivity contribution in [3.05, 3.63) is 51.4 Å². The van der Waals surface area contributed by atoms with E-state index in [4.69, 9.17) is 16.3 Å². The minimum atomic E-state index is -0.457. The first-order valence-electron chi connectivity index (χ1n) is 5.71. The maximum absolute atomic E-state index is 12.1. The fourth-order valence-electron chi connectivity index (χ4n) is 1.62. The molecule has 2 rings (SSSR count). The third-order valence-electron chi connectivity index (χ3n) is 2.61. The van der Waals surface area contributed by atoms with Gasteiger partial charge in [-0.15, -0.1) is 0 Å². The Balaban J connectivity index is 2.30. The number of aryl methyl sites for hydroxylation is 1. The third-order valence-corrected chi connectivity index (χ3v) is 2.91. The average Bonchev–Trinajstić information content (AvgIpc) is 2.42. The highest BCUT2D eigenvalue weighted by Gasteiger charge is 2.13. The van der Waals surface area contributed by atoms with Crippen molar-refractivity contribution in [3.63, 3.8) is 0 Å². The van der Waals surface area contributed by atoms with Crippen molar-refractivity contribution in [2.45, 2.75) is 0 Å². The van der Waals surface area contributed by atoms with Crippen LogP contribution in [0.5, 0.6) is 5.75 Å². The van der Waals surface area contributed by atoms with Gasteiger partial charge in [0, 0.05) is 13.1 Å². The van der Waals surface area contributed by atoms with Gasteiger partial charge in [-0.25, -0.2) is 4.68 Å². The number of anilines is 1. The first-order valence-corrected chi connectivity index (χ1v) is 6.09. The Morgan fingerprint density at radius 1 is 1.35 bits per heavy atom. The van der Waals surface area contributed by atoms with Crippen LogP contribution in [0.4, 0.5) is 5.69 Å². The molecule has 0 aliphatic rings. The molecule has 20 heavy (non-hydrogen) atoms. The summed E-state index contributed by atoms with van der Waals surface area (Å²) in [7, 11) is 2.93. The number of aromatic nitrogens is 2. The predicted octanol–water partition coefficient (Wildman–Crippen LogP) is 1.69. The van der Waals surface area contributed by atoms with Crippen LogP contribution in [0.25, 0.3) is 0 Å². The average molecular weight is 294 g/mol. The molecule has 0 aliphatic carbocycles. The largest absolute Gasteiger partial charge is 0.493 e. The quantitative estimate of drug-likeness (QED) is 0.935. The number of halogens is 1. The highest BCUT2D eigenvalue weighted by molar-refractivity contribution is 6.32. The number of carbonyl (C=O) groups excluding carboxylic acids is 1. The van der Waals surface area contributed by atoms with E-state index in [0.717, 1.165) is 4.68 Å². The van der Waals surface area contributed by atoms with Gasteiger partial charge in [0.15, 0.2) is 5.75 Å². The molecule has 0 atom stereocenters. The van der Waals surface area contributed by atoms with Crippen molar-refractivity contribution in [2.75, 3.05) is 12.4 Å². The van der Waals surface area contributed by atoms with Crippen molar-refractivity contribution in [2.24, 2.45) is 7.05 Å². The topological polar surface area (TPSA) is 73.2 Å². The summed E-state index contributed by atoms with van der Waals surface area (Å²) in [6, 6.07) is 7.63. The molecule has 0 spiro atoms. The molecule has 0 radical (unpaired) electrons. The predicted molar refractivity (Wildman–Crippen MR) is 75.4 cm³/mol. The van der Waals surface area contributed by atoms with Crippen LogP contribution >= 0.6 is 11.6 Å². The highest BCUT2D eigenvalue weighted by atomic mass is 35.5. The van der Waals surface area contributed by atoms with Gasteiger partial charge in [-0.3, -0.25) is 9.59 Å². The second kappa shape index (κ2) is 5.75. The molecule has 1 N–H and O–H groups in total. The van der Waals surface area contributed by atoms with E-state index in [1.807, 2.05) is 0 Å². The van der Waals surface area contributed by atoms with E-state index in [1.54, 1.807) is 18.2 Å². The Labute approximate surface area is 119 Å². The molecule has 1 amide bonds. The molecule has 0 fully saturated rings. The van der Waals surface area contributed by atoms with Gasteiger partial charge in [0.25, 0.3) is 11.5 Å². The summed E-state index contributed by atoms with van der Waals surface area (Å²) in [6.07, 6.45) is 0. The van der Waals surface area contributed by atoms with E-state index in [1.165, 1.54) is 26.3 Å². The van der Waals surface area contributed by atoms with Crippen LogP contribution < -0.4 is 15.6 Å². The minimum absolute atomic E-state index is 0.120. The SMILES string of the molecule is COc1c(Cl)cccc1NC(=O)c1ccc(=O)n(C)n1. The van der Waals surface area contributed by atoms with Crippen LogP contribution in [0.3, 0.4) is 0 Å². The number of carbonyl (C=O) groups is 1. The van der Waals surface area contributed by atoms with E-state index in [9.17, 15) is 9.59 Å². The van der Waals surface area contributed by atoms with Crippen molar-refractivity contribution in [3.8, 4) is 5.75 Å². The van der Waals surface area contributed by atoms with Crippen molar-refractivity contribution >= 4 is 23.2 Å². The van der Waals surface area contributed by atoms with Gasteiger partial charge in [0.05, 0.1) is 17.8 Å². The highest BCUT2D eigenvalue weighted by Crippen LogP contribution is 2.32. The number of para-hydroxylation sites is 1. The maximum Gasteiger partial charge on any atom is 0.276 e. The van der Waals surface area contributed by atoms with E-state index in [-0.39, 0.29) is 11.3 Å². The zero-order valence-corrected chi connectivity index (χ0v) is 11.6. The lowest BCUT2D eigenvalue weighted by Crippen LogP contribution is -2.23. The Morgan fingerprint density at radius 3 is 2.75 bits per heavy atom. The van der Waals surface area contributed by atoms with Gasteiger partial charge in [-0.05, 0) is 18.2 Å². The van der Waals surface area contributed by atoms with E-state index >= 15 is 0 Å². The number of amides is 1. The lowest BCUT2D eigenvalue weighted by molar-refractivity contribution is 0.101. The molecule has 0 unspecified atom stereocenters. The van der Waals surface area contributed by atoms with Gasteiger partial charge in [-0.2, -0.15) is 5.10 Å². The molecular weight excluding hydrogens is 282 g/mol. The summed E-state index contributed by atoms with van der Waals surface area (Å²) in [5.41, 5.74) is 0.261. The molecule has 1 aromatic heterocycles. The van der Waals surface area contributed by atoms with Gasteiger partial charge >= 0.3 is 0 Å². The molecular formula is C13H12ClN3O3. The Hall–Kier alpha value is -2.34. The number of benzene rings is 1. The first kappa shape index (κ1) is 14.1. The molecule has 0 aliphatic heterocycles. The Bertz CT molecular complexity index is 712. The lowest BCUT2D eigenvalue weighted by Gasteiger charge is -2.11. The summed E-state index contributed by atoms with van der Waals surface area (Å²) < 4.78 is 6.22. The molecule has 7 heteroatoms. The summed E-state index contributed by atoms with van der Waals surface area (Å²) >= 11 is 5.97. The van der Waals surface area contributed by atoms with Crippen molar-refractivity contribution in [1.29, 1.82) is 0 Å². The summed E-state index contributed by atoms with van der Waals surface area (Å²) in [6.45, 7) is 0. The van der Waals surface area contributed by atoms with Crippen LogP contribution in [0.1, 0.15) is 10.5 Å². The Morgan fingerprint density at radius 2 is 2.10 bits per heavy atom. The van der Waals surface area contributed by atoms with E-state index in [2.05, 4.69) is 10.4 Å². The normalized spacial score (nSPS) is 10.2.